The molecule has 16 nitrogen and oxygen atoms in total. The minimum atomic E-state index is -1.12. The summed E-state index contributed by atoms with van der Waals surface area (Å²) in [7, 11) is 2.02. The number of allylic oxidation sites excluding steroid dienone is 2. The number of carbonyl (C=O) groups excluding carboxylic acids is 3. The van der Waals surface area contributed by atoms with Crippen LogP contribution in [0, 0.1) is 35.5 Å². The van der Waals surface area contributed by atoms with Gasteiger partial charge in [-0.1, -0.05) is 51.7 Å². The number of aldehydes is 1. The second kappa shape index (κ2) is 46.9. The van der Waals surface area contributed by atoms with Crippen LogP contribution in [0.1, 0.15) is 298 Å². The van der Waals surface area contributed by atoms with Gasteiger partial charge in [0.05, 0.1) is 64.7 Å². The van der Waals surface area contributed by atoms with Crippen LogP contribution in [-0.4, -0.2) is 140 Å². The number of hydroxylamine groups is 2. The predicted octanol–water partition coefficient (Wildman–Crippen LogP) is 17.4. The Kier molecular flexibility index (Phi) is 41.9. The number of amides is 1. The fourth-order valence-corrected chi connectivity index (χ4v) is 12.8. The molecule has 0 bridgehead atoms. The molecule has 93 heavy (non-hydrogen) atoms. The summed E-state index contributed by atoms with van der Waals surface area (Å²) >= 11 is 0. The average molecular weight is 1330 g/mol. The van der Waals surface area contributed by atoms with Gasteiger partial charge >= 0.3 is 0 Å². The van der Waals surface area contributed by atoms with Gasteiger partial charge in [0.2, 0.25) is 5.91 Å². The third kappa shape index (κ3) is 39.2. The minimum Gasteiger partial charge on any atom is -0.396 e. The molecule has 6 aliphatic carbocycles. The molecule has 10 aliphatic rings. The van der Waals surface area contributed by atoms with Crippen molar-refractivity contribution >= 4 is 35.2 Å². The van der Waals surface area contributed by atoms with Crippen molar-refractivity contribution in [3.05, 3.63) is 25.3 Å². The molecule has 540 valence electrons. The number of aliphatic hydroxyl groups is 1. The second-order valence-corrected chi connectivity index (χ2v) is 31.2. The van der Waals surface area contributed by atoms with Gasteiger partial charge in [0.15, 0.2) is 23.1 Å². The number of nitrogens with zero attached hydrogens (tertiary/aromatic N) is 2. The maximum atomic E-state index is 11.8. The Labute approximate surface area is 568 Å². The highest BCUT2D eigenvalue weighted by Crippen LogP contribution is 2.46. The number of rotatable bonds is 43. The highest BCUT2D eigenvalue weighted by Gasteiger charge is 2.44. The average Bonchev–Trinajstić information content (AvgIpc) is 1.79. The van der Waals surface area contributed by atoms with Crippen molar-refractivity contribution < 1.29 is 66.4 Å². The number of aliphatic hydroxyl groups excluding tert-OH is 1. The molecular formula is C76H136N2O14S. The van der Waals surface area contributed by atoms with E-state index in [4.69, 9.17) is 47.8 Å². The highest BCUT2D eigenvalue weighted by atomic mass is 32.2. The van der Waals surface area contributed by atoms with Gasteiger partial charge in [-0.15, -0.1) is 13.2 Å². The van der Waals surface area contributed by atoms with E-state index < -0.39 is 11.0 Å². The number of ether oxygens (including phenoxy) is 8. The maximum absolute atomic E-state index is 11.8. The summed E-state index contributed by atoms with van der Waals surface area (Å²) in [5.74, 6) is 4.41. The Morgan fingerprint density at radius 3 is 1.17 bits per heavy atom. The number of hydrogen-bond acceptors (Lipinski definition) is 14. The zero-order valence-corrected chi connectivity index (χ0v) is 59.6. The summed E-state index contributed by atoms with van der Waals surface area (Å²) in [5, 5.41) is 9.99. The molecule has 0 spiro atoms. The summed E-state index contributed by atoms with van der Waals surface area (Å²) in [6, 6.07) is 0. The Morgan fingerprint density at radius 1 is 0.505 bits per heavy atom. The van der Waals surface area contributed by atoms with Crippen LogP contribution in [0.4, 0.5) is 0 Å². The molecule has 6 saturated carbocycles. The lowest BCUT2D eigenvalue weighted by Crippen LogP contribution is -2.30. The molecule has 10 fully saturated rings. The Balaban J connectivity index is 0.000000241. The molecule has 0 radical (unpaired) electrons. The molecule has 4 aliphatic heterocycles. The summed E-state index contributed by atoms with van der Waals surface area (Å²) in [4.78, 5) is 37.2. The lowest BCUT2D eigenvalue weighted by molar-refractivity contribution is -0.171. The predicted molar refractivity (Wildman–Crippen MR) is 375 cm³/mol. The number of unbranched alkanes of at least 4 members (excludes halogenated alkanes) is 14. The Bertz CT molecular complexity index is 2040. The van der Waals surface area contributed by atoms with E-state index in [2.05, 4.69) is 17.6 Å². The fourth-order valence-electron chi connectivity index (χ4n) is 12.3. The molecule has 0 unspecified atom stereocenters. The number of Topliss-reactive ketones (excluding diaryl/α,β-unsaturated/α-hetero) is 1. The normalized spacial score (nSPS) is 21.6. The largest absolute Gasteiger partial charge is 0.396 e. The summed E-state index contributed by atoms with van der Waals surface area (Å²) in [6.07, 6.45) is 54.1. The van der Waals surface area contributed by atoms with Gasteiger partial charge < -0.3 is 47.8 Å². The third-order valence-corrected chi connectivity index (χ3v) is 20.3. The van der Waals surface area contributed by atoms with Gasteiger partial charge in [0.25, 0.3) is 0 Å². The van der Waals surface area contributed by atoms with E-state index in [1.165, 1.54) is 121 Å². The Hall–Kier alpha value is -2.29. The molecule has 0 aromatic carbocycles. The molecule has 4 heterocycles. The van der Waals surface area contributed by atoms with Crippen LogP contribution in [0.5, 0.6) is 0 Å². The van der Waals surface area contributed by atoms with E-state index in [1.807, 2.05) is 39.1 Å². The summed E-state index contributed by atoms with van der Waals surface area (Å²) in [5.41, 5.74) is 0. The van der Waals surface area contributed by atoms with Crippen LogP contribution in [0.15, 0.2) is 29.7 Å². The van der Waals surface area contributed by atoms with Gasteiger partial charge in [0, 0.05) is 96.9 Å². The van der Waals surface area contributed by atoms with E-state index in [-0.39, 0.29) is 41.2 Å². The van der Waals surface area contributed by atoms with Crippen LogP contribution < -0.4 is 0 Å². The molecule has 17 heteroatoms. The summed E-state index contributed by atoms with van der Waals surface area (Å²) in [6.45, 7) is 19.7. The SMILES string of the molecule is C.C=CCCCCC(=O)CC1CC1.C=CCCCCC1(CC2CC2)OCCO1.CC(C)(C)[S@@](=O)N=CCCCCCC1(CC2CC2)OCCO1.CON(C)C(=O)CC1CC1.O=CCCCCCC1(CC2CC2)OCCO1.OCCCCCCCC1(CC2CC2)OCCO1. The molecule has 0 aromatic rings. The Morgan fingerprint density at radius 2 is 0.828 bits per heavy atom. The first-order chi connectivity index (χ1) is 44.5. The molecule has 1 N–H and O–H groups in total. The van der Waals surface area contributed by atoms with Gasteiger partial charge in [-0.05, 0) is 217 Å². The molecule has 1 atom stereocenters. The zero-order chi connectivity index (χ0) is 66.2. The number of carbonyl (C=O) groups is 3. The monoisotopic (exact) mass is 1330 g/mol. The van der Waals surface area contributed by atoms with Crippen molar-refractivity contribution in [2.75, 3.05) is 73.6 Å². The zero-order valence-electron chi connectivity index (χ0n) is 58.8. The van der Waals surface area contributed by atoms with E-state index >= 15 is 0 Å². The molecule has 1 amide bonds. The van der Waals surface area contributed by atoms with Crippen molar-refractivity contribution in [3.63, 3.8) is 0 Å². The number of hydrogen-bond donors (Lipinski definition) is 1. The van der Waals surface area contributed by atoms with Crippen molar-refractivity contribution in [2.24, 2.45) is 39.9 Å². The number of ketones is 1. The standard InChI is InChI=1S/C17H31NO3S.C14H26O3.C13H22O3.C13H22O2.C11H18O.C7H13NO2.CH4/c1-16(2,3)22(19)18-11-7-5-4-6-10-17(14-15-8-9-15)20-12-13-21-17;15-9-5-3-1-2-4-8-14(12-13-6-7-13)16-10-11-17-14;14-8-4-2-1-3-7-13(11-12-5-6-12)15-9-10-16-13;1-2-3-4-5-8-13(11-12-6-7-12)14-9-10-15-13;1-2-3-4-5-6-11(12)9-10-7-8-10;1-8(10-2)7(9)5-6-3-4-6;/h11,15H,4-10,12-14H2,1-3H3;13,15H,1-12H2;8,12H,1-7,9-11H2;2,12H,1,3-11H2;2,10H,1,3-9H2;6H,3-5H2,1-2H3;1H4/t22-;;;;;;/m1....../s1. The smallest absolute Gasteiger partial charge is 0.246 e. The highest BCUT2D eigenvalue weighted by molar-refractivity contribution is 7.85. The van der Waals surface area contributed by atoms with Crippen LogP contribution in [0.3, 0.4) is 0 Å². The minimum absolute atomic E-state index is 0. The third-order valence-electron chi connectivity index (χ3n) is 18.9. The first kappa shape index (κ1) is 83.1. The van der Waals surface area contributed by atoms with Gasteiger partial charge in [-0.2, -0.15) is 4.40 Å². The maximum Gasteiger partial charge on any atom is 0.246 e. The van der Waals surface area contributed by atoms with E-state index in [1.54, 1.807) is 7.05 Å². The van der Waals surface area contributed by atoms with E-state index in [0.29, 0.717) is 31.1 Å². The van der Waals surface area contributed by atoms with Gasteiger partial charge in [-0.25, -0.2) is 9.27 Å². The van der Waals surface area contributed by atoms with Crippen LogP contribution in [-0.2, 0) is 68.1 Å². The molecule has 10 rings (SSSR count). The first-order valence-corrected chi connectivity index (χ1v) is 38.3. The first-order valence-electron chi connectivity index (χ1n) is 37.2. The second-order valence-electron chi connectivity index (χ2n) is 29.3. The van der Waals surface area contributed by atoms with E-state index in [0.717, 1.165) is 236 Å². The van der Waals surface area contributed by atoms with Crippen LogP contribution >= 0.6 is 0 Å². The van der Waals surface area contributed by atoms with Crippen LogP contribution in [0.25, 0.3) is 0 Å². The van der Waals surface area contributed by atoms with Gasteiger partial charge in [0.1, 0.15) is 23.1 Å². The lowest BCUT2D eigenvalue weighted by atomic mass is 10.0. The van der Waals surface area contributed by atoms with Crippen molar-refractivity contribution in [1.82, 2.24) is 5.06 Å². The molecule has 4 saturated heterocycles. The fraction of sp³-hybridized carbons (Fsp3) is 0.895. The van der Waals surface area contributed by atoms with Crippen LogP contribution in [0.2, 0.25) is 0 Å². The summed E-state index contributed by atoms with van der Waals surface area (Å²) < 4.78 is 62.4. The van der Waals surface area contributed by atoms with Crippen molar-refractivity contribution in [3.8, 4) is 0 Å². The molecule has 0 aromatic heterocycles. The van der Waals surface area contributed by atoms with Crippen molar-refractivity contribution in [2.45, 2.75) is 326 Å². The van der Waals surface area contributed by atoms with E-state index in [9.17, 15) is 18.6 Å². The van der Waals surface area contributed by atoms with Gasteiger partial charge in [-0.3, -0.25) is 14.4 Å². The van der Waals surface area contributed by atoms with Crippen molar-refractivity contribution in [1.29, 1.82) is 0 Å². The topological polar surface area (TPSA) is 187 Å². The molecular weight excluding hydrogens is 1200 g/mol. The lowest BCUT2D eigenvalue weighted by Gasteiger charge is -2.27. The quantitative estimate of drug-likeness (QED) is 0.0200.